The number of fused-ring (bicyclic) bond motifs is 1. The molecule has 0 saturated heterocycles. The Labute approximate surface area is 83.7 Å². The third-order valence-corrected chi connectivity index (χ3v) is 3.96. The minimum Gasteiger partial charge on any atom is -0.323 e. The third kappa shape index (κ3) is 1.61. The highest BCUT2D eigenvalue weighted by molar-refractivity contribution is 7.99. The monoisotopic (exact) mass is 193 g/mol. The molecule has 0 amide bonds. The smallest absolute Gasteiger partial charge is 0.0416 e. The maximum Gasteiger partial charge on any atom is 0.0416 e. The van der Waals surface area contributed by atoms with Crippen molar-refractivity contribution in [1.82, 2.24) is 0 Å². The van der Waals surface area contributed by atoms with E-state index in [1.807, 2.05) is 11.8 Å². The average Bonchev–Trinajstić information content (AvgIpc) is 2.12. The number of hydrogen-bond acceptors (Lipinski definition) is 2. The average molecular weight is 193 g/mol. The molecule has 0 aromatic heterocycles. The molecule has 1 aliphatic rings. The number of benzene rings is 1. The molecule has 0 bridgehead atoms. The van der Waals surface area contributed by atoms with E-state index in [0.717, 1.165) is 5.75 Å². The summed E-state index contributed by atoms with van der Waals surface area (Å²) >= 11 is 1.95. The molecule has 0 fully saturated rings. The largest absolute Gasteiger partial charge is 0.323 e. The summed E-state index contributed by atoms with van der Waals surface area (Å²) in [5.74, 6) is 1.12. The van der Waals surface area contributed by atoms with E-state index in [-0.39, 0.29) is 6.04 Å². The Balaban J connectivity index is 2.45. The van der Waals surface area contributed by atoms with Crippen molar-refractivity contribution in [2.45, 2.75) is 30.9 Å². The van der Waals surface area contributed by atoms with Crippen LogP contribution in [-0.2, 0) is 5.75 Å². The second-order valence-electron chi connectivity index (χ2n) is 3.74. The minimum absolute atomic E-state index is 0.216. The normalized spacial score (nSPS) is 27.0. The van der Waals surface area contributed by atoms with Crippen LogP contribution in [0, 0.1) is 6.92 Å². The fourth-order valence-corrected chi connectivity index (χ4v) is 2.79. The predicted molar refractivity (Wildman–Crippen MR) is 58.9 cm³/mol. The standard InChI is InChI=1S/C11H15NS/c1-7-3-4-9-6-13-8(2)11(12)10(9)5-7/h3-5,8,11H,6,12H2,1-2H3. The highest BCUT2D eigenvalue weighted by atomic mass is 32.2. The first kappa shape index (κ1) is 9.10. The van der Waals surface area contributed by atoms with Gasteiger partial charge in [0.25, 0.3) is 0 Å². The molecule has 70 valence electrons. The third-order valence-electron chi connectivity index (χ3n) is 2.67. The first-order chi connectivity index (χ1) is 6.18. The number of nitrogens with two attached hydrogens (primary N) is 1. The number of thioether (sulfide) groups is 1. The first-order valence-electron chi connectivity index (χ1n) is 4.65. The van der Waals surface area contributed by atoms with Gasteiger partial charge in [0.1, 0.15) is 0 Å². The number of hydrogen-bond donors (Lipinski definition) is 1. The fourth-order valence-electron chi connectivity index (χ4n) is 1.73. The van der Waals surface area contributed by atoms with Gasteiger partial charge in [-0.1, -0.05) is 30.7 Å². The van der Waals surface area contributed by atoms with Crippen LogP contribution in [0.2, 0.25) is 0 Å². The van der Waals surface area contributed by atoms with Crippen molar-refractivity contribution >= 4 is 11.8 Å². The van der Waals surface area contributed by atoms with Gasteiger partial charge in [0, 0.05) is 17.0 Å². The molecular formula is C11H15NS. The maximum atomic E-state index is 6.14. The molecule has 2 rings (SSSR count). The van der Waals surface area contributed by atoms with Gasteiger partial charge >= 0.3 is 0 Å². The van der Waals surface area contributed by atoms with Crippen molar-refractivity contribution in [1.29, 1.82) is 0 Å². The van der Waals surface area contributed by atoms with Crippen molar-refractivity contribution in [2.75, 3.05) is 0 Å². The molecule has 1 heterocycles. The van der Waals surface area contributed by atoms with Gasteiger partial charge in [-0.3, -0.25) is 0 Å². The van der Waals surface area contributed by atoms with Crippen LogP contribution in [0.3, 0.4) is 0 Å². The lowest BCUT2D eigenvalue weighted by Gasteiger charge is -2.28. The van der Waals surface area contributed by atoms with Gasteiger partial charge in [0.15, 0.2) is 0 Å². The molecule has 1 aromatic rings. The Morgan fingerprint density at radius 3 is 3.00 bits per heavy atom. The van der Waals surface area contributed by atoms with E-state index >= 15 is 0 Å². The molecular weight excluding hydrogens is 178 g/mol. The maximum absolute atomic E-state index is 6.14. The van der Waals surface area contributed by atoms with Gasteiger partial charge in [-0.25, -0.2) is 0 Å². The molecule has 2 heteroatoms. The summed E-state index contributed by atoms with van der Waals surface area (Å²) in [4.78, 5) is 0. The summed E-state index contributed by atoms with van der Waals surface area (Å²) in [6.07, 6.45) is 0. The molecule has 1 aliphatic heterocycles. The van der Waals surface area contributed by atoms with E-state index in [4.69, 9.17) is 5.73 Å². The van der Waals surface area contributed by atoms with Gasteiger partial charge in [0.2, 0.25) is 0 Å². The van der Waals surface area contributed by atoms with Gasteiger partial charge in [-0.05, 0) is 18.1 Å². The van der Waals surface area contributed by atoms with E-state index in [2.05, 4.69) is 32.0 Å². The van der Waals surface area contributed by atoms with Gasteiger partial charge < -0.3 is 5.73 Å². The molecule has 2 N–H and O–H groups in total. The lowest BCUT2D eigenvalue weighted by molar-refractivity contribution is 0.698. The van der Waals surface area contributed by atoms with E-state index < -0.39 is 0 Å². The summed E-state index contributed by atoms with van der Waals surface area (Å²) in [5, 5.41) is 0.550. The molecule has 0 saturated carbocycles. The van der Waals surface area contributed by atoms with Crippen LogP contribution in [0.25, 0.3) is 0 Å². The Morgan fingerprint density at radius 2 is 2.23 bits per heavy atom. The molecule has 0 spiro atoms. The Hall–Kier alpha value is -0.470. The van der Waals surface area contributed by atoms with Gasteiger partial charge in [-0.2, -0.15) is 11.8 Å². The molecule has 1 aromatic carbocycles. The van der Waals surface area contributed by atoms with Gasteiger partial charge in [0.05, 0.1) is 0 Å². The lowest BCUT2D eigenvalue weighted by atomic mass is 9.97. The van der Waals surface area contributed by atoms with Crippen molar-refractivity contribution in [3.05, 3.63) is 34.9 Å². The quantitative estimate of drug-likeness (QED) is 0.685. The fraction of sp³-hybridized carbons (Fsp3) is 0.455. The molecule has 13 heavy (non-hydrogen) atoms. The van der Waals surface area contributed by atoms with E-state index in [1.54, 1.807) is 0 Å². The highest BCUT2D eigenvalue weighted by Crippen LogP contribution is 2.36. The summed E-state index contributed by atoms with van der Waals surface area (Å²) in [7, 11) is 0. The van der Waals surface area contributed by atoms with Crippen LogP contribution < -0.4 is 5.73 Å². The van der Waals surface area contributed by atoms with E-state index in [9.17, 15) is 0 Å². The number of aryl methyl sites for hydroxylation is 1. The zero-order valence-corrected chi connectivity index (χ0v) is 8.90. The van der Waals surface area contributed by atoms with E-state index in [1.165, 1.54) is 16.7 Å². The SMILES string of the molecule is Cc1ccc2c(c1)C(N)C(C)SC2. The van der Waals surface area contributed by atoms with Crippen molar-refractivity contribution in [3.63, 3.8) is 0 Å². The first-order valence-corrected chi connectivity index (χ1v) is 5.70. The zero-order valence-electron chi connectivity index (χ0n) is 8.08. The second-order valence-corrected chi connectivity index (χ2v) is 5.11. The van der Waals surface area contributed by atoms with Crippen LogP contribution in [-0.4, -0.2) is 5.25 Å². The summed E-state index contributed by atoms with van der Waals surface area (Å²) in [6, 6.07) is 6.83. The molecule has 2 atom stereocenters. The molecule has 0 radical (unpaired) electrons. The van der Waals surface area contributed by atoms with Crippen LogP contribution >= 0.6 is 11.8 Å². The summed E-state index contributed by atoms with van der Waals surface area (Å²) in [6.45, 7) is 4.33. The van der Waals surface area contributed by atoms with Crippen LogP contribution in [0.4, 0.5) is 0 Å². The van der Waals surface area contributed by atoms with Crippen molar-refractivity contribution in [3.8, 4) is 0 Å². The number of rotatable bonds is 0. The Kier molecular flexibility index (Phi) is 2.35. The van der Waals surface area contributed by atoms with Crippen LogP contribution in [0.5, 0.6) is 0 Å². The van der Waals surface area contributed by atoms with Crippen LogP contribution in [0.15, 0.2) is 18.2 Å². The minimum atomic E-state index is 0.216. The summed E-state index contributed by atoms with van der Waals surface area (Å²) < 4.78 is 0. The topological polar surface area (TPSA) is 26.0 Å². The van der Waals surface area contributed by atoms with Crippen LogP contribution in [0.1, 0.15) is 29.7 Å². The lowest BCUT2D eigenvalue weighted by Crippen LogP contribution is -2.25. The molecule has 1 nitrogen and oxygen atoms in total. The van der Waals surface area contributed by atoms with Crippen molar-refractivity contribution < 1.29 is 0 Å². The predicted octanol–water partition coefficient (Wildman–Crippen LogP) is 2.63. The highest BCUT2D eigenvalue weighted by Gasteiger charge is 2.23. The second kappa shape index (κ2) is 3.35. The molecule has 2 unspecified atom stereocenters. The van der Waals surface area contributed by atoms with Gasteiger partial charge in [-0.15, -0.1) is 0 Å². The zero-order chi connectivity index (χ0) is 9.42. The van der Waals surface area contributed by atoms with Crippen molar-refractivity contribution in [2.24, 2.45) is 5.73 Å². The Morgan fingerprint density at radius 1 is 1.46 bits per heavy atom. The molecule has 0 aliphatic carbocycles. The summed E-state index contributed by atoms with van der Waals surface area (Å²) in [5.41, 5.74) is 10.2. The Bertz CT molecular complexity index is 322. The van der Waals surface area contributed by atoms with E-state index in [0.29, 0.717) is 5.25 Å².